The lowest BCUT2D eigenvalue weighted by Gasteiger charge is -2.31. The molecule has 18 heavy (non-hydrogen) atoms. The van der Waals surface area contributed by atoms with Crippen LogP contribution in [0, 0.1) is 17.7 Å². The van der Waals surface area contributed by atoms with Gasteiger partial charge in [-0.15, -0.1) is 0 Å². The third-order valence-electron chi connectivity index (χ3n) is 3.52. The van der Waals surface area contributed by atoms with Crippen LogP contribution >= 0.6 is 0 Å². The molecule has 1 aromatic heterocycles. The number of pyridine rings is 1. The van der Waals surface area contributed by atoms with Crippen molar-refractivity contribution in [3.05, 3.63) is 23.6 Å². The van der Waals surface area contributed by atoms with Crippen LogP contribution in [0.25, 0.3) is 0 Å². The first-order valence-electron chi connectivity index (χ1n) is 6.51. The van der Waals surface area contributed by atoms with Crippen molar-refractivity contribution in [3.63, 3.8) is 0 Å². The first-order valence-corrected chi connectivity index (χ1v) is 6.51. The second-order valence-electron chi connectivity index (χ2n) is 5.40. The Balaban J connectivity index is 2.09. The molecule has 1 N–H and O–H groups in total. The first-order chi connectivity index (χ1) is 8.60. The molecule has 1 fully saturated rings. The van der Waals surface area contributed by atoms with Crippen molar-refractivity contribution >= 4 is 0 Å². The molecule has 0 bridgehead atoms. The third kappa shape index (κ3) is 2.99. The predicted octanol–water partition coefficient (Wildman–Crippen LogP) is 2.92. The van der Waals surface area contributed by atoms with Gasteiger partial charge < -0.3 is 9.84 Å². The van der Waals surface area contributed by atoms with Crippen molar-refractivity contribution in [3.8, 4) is 5.88 Å². The Kier molecular flexibility index (Phi) is 4.17. The van der Waals surface area contributed by atoms with E-state index in [-0.39, 0.29) is 24.2 Å². The highest BCUT2D eigenvalue weighted by atomic mass is 19.1. The van der Waals surface area contributed by atoms with E-state index in [0.717, 1.165) is 12.8 Å². The highest BCUT2D eigenvalue weighted by Gasteiger charge is 2.26. The van der Waals surface area contributed by atoms with Crippen LogP contribution < -0.4 is 4.74 Å². The molecule has 0 saturated heterocycles. The summed E-state index contributed by atoms with van der Waals surface area (Å²) in [5, 5.41) is 9.01. The maximum atomic E-state index is 13.9. The van der Waals surface area contributed by atoms with Crippen molar-refractivity contribution in [2.24, 2.45) is 11.8 Å². The van der Waals surface area contributed by atoms with E-state index in [1.807, 2.05) is 0 Å². The van der Waals surface area contributed by atoms with E-state index in [9.17, 15) is 4.39 Å². The minimum absolute atomic E-state index is 0.0212. The lowest BCUT2D eigenvalue weighted by molar-refractivity contribution is 0.0917. The van der Waals surface area contributed by atoms with E-state index in [1.54, 1.807) is 0 Å². The number of ether oxygens (including phenoxy) is 1. The van der Waals surface area contributed by atoms with E-state index in [2.05, 4.69) is 18.8 Å². The van der Waals surface area contributed by atoms with Crippen LogP contribution in [0.3, 0.4) is 0 Å². The summed E-state index contributed by atoms with van der Waals surface area (Å²) in [5.74, 6) is 0.685. The summed E-state index contributed by atoms with van der Waals surface area (Å²) in [5.41, 5.74) is 0.233. The Morgan fingerprint density at radius 2 is 2.00 bits per heavy atom. The second kappa shape index (κ2) is 5.65. The highest BCUT2D eigenvalue weighted by Crippen LogP contribution is 2.31. The lowest BCUT2D eigenvalue weighted by atomic mass is 9.82. The molecule has 2 unspecified atom stereocenters. The van der Waals surface area contributed by atoms with Gasteiger partial charge in [0.1, 0.15) is 6.10 Å². The van der Waals surface area contributed by atoms with Crippen LogP contribution in [-0.2, 0) is 6.61 Å². The third-order valence-corrected chi connectivity index (χ3v) is 3.52. The minimum Gasteiger partial charge on any atom is -0.472 e. The summed E-state index contributed by atoms with van der Waals surface area (Å²) in [4.78, 5) is 3.92. The van der Waals surface area contributed by atoms with E-state index in [4.69, 9.17) is 9.84 Å². The first kappa shape index (κ1) is 13.3. The molecule has 0 radical (unpaired) electrons. The van der Waals surface area contributed by atoms with Crippen LogP contribution in [-0.4, -0.2) is 16.2 Å². The number of aromatic nitrogens is 1. The summed E-state index contributed by atoms with van der Waals surface area (Å²) < 4.78 is 19.5. The summed E-state index contributed by atoms with van der Waals surface area (Å²) in [6, 6.07) is 1.47. The highest BCUT2D eigenvalue weighted by molar-refractivity contribution is 5.23. The van der Waals surface area contributed by atoms with E-state index in [0.29, 0.717) is 11.8 Å². The maximum Gasteiger partial charge on any atom is 0.251 e. The van der Waals surface area contributed by atoms with Crippen LogP contribution in [0.4, 0.5) is 4.39 Å². The molecule has 100 valence electrons. The maximum absolute atomic E-state index is 13.9. The standard InChI is InChI=1S/C14H20FNO2/c1-9-5-10(2)7-12(6-9)18-14-13(15)11(8-17)3-4-16-14/h3-4,9-10,12,17H,5-8H2,1-2H3. The largest absolute Gasteiger partial charge is 0.472 e. The molecule has 1 aliphatic rings. The number of aliphatic hydroxyl groups excluding tert-OH is 1. The van der Waals surface area contributed by atoms with Crippen LogP contribution in [0.5, 0.6) is 5.88 Å². The van der Waals surface area contributed by atoms with Crippen molar-refractivity contribution in [2.45, 2.75) is 45.8 Å². The SMILES string of the molecule is CC1CC(C)CC(Oc2nccc(CO)c2F)C1. The van der Waals surface area contributed by atoms with Gasteiger partial charge in [0.2, 0.25) is 0 Å². The van der Waals surface area contributed by atoms with Gasteiger partial charge in [0, 0.05) is 11.8 Å². The Morgan fingerprint density at radius 3 is 2.61 bits per heavy atom. The molecule has 2 atom stereocenters. The number of aliphatic hydroxyl groups is 1. The van der Waals surface area contributed by atoms with E-state index >= 15 is 0 Å². The van der Waals surface area contributed by atoms with Gasteiger partial charge in [0.05, 0.1) is 6.61 Å². The molecule has 3 nitrogen and oxygen atoms in total. The molecule has 1 aliphatic carbocycles. The van der Waals surface area contributed by atoms with Gasteiger partial charge in [-0.3, -0.25) is 0 Å². The monoisotopic (exact) mass is 253 g/mol. The summed E-state index contributed by atoms with van der Waals surface area (Å²) in [6.45, 7) is 4.06. The Morgan fingerprint density at radius 1 is 1.33 bits per heavy atom. The molecular weight excluding hydrogens is 233 g/mol. The van der Waals surface area contributed by atoms with Gasteiger partial charge in [0.15, 0.2) is 5.82 Å². The lowest BCUT2D eigenvalue weighted by Crippen LogP contribution is -2.29. The molecule has 0 spiro atoms. The molecule has 1 heterocycles. The Bertz CT molecular complexity index is 401. The van der Waals surface area contributed by atoms with E-state index < -0.39 is 5.82 Å². The molecule has 0 aromatic carbocycles. The minimum atomic E-state index is -0.536. The second-order valence-corrected chi connectivity index (χ2v) is 5.40. The predicted molar refractivity (Wildman–Crippen MR) is 66.7 cm³/mol. The van der Waals surface area contributed by atoms with Crippen LogP contribution in [0.2, 0.25) is 0 Å². The number of nitrogens with zero attached hydrogens (tertiary/aromatic N) is 1. The van der Waals surface area contributed by atoms with Crippen LogP contribution in [0.15, 0.2) is 12.3 Å². The smallest absolute Gasteiger partial charge is 0.251 e. The average Bonchev–Trinajstić information content (AvgIpc) is 2.30. The summed E-state index contributed by atoms with van der Waals surface area (Å²) in [7, 11) is 0. The van der Waals surface area contributed by atoms with Gasteiger partial charge in [0.25, 0.3) is 5.88 Å². The molecular formula is C14H20FNO2. The fourth-order valence-corrected chi connectivity index (χ4v) is 2.79. The summed E-state index contributed by atoms with van der Waals surface area (Å²) in [6.07, 6.45) is 4.58. The molecule has 1 saturated carbocycles. The van der Waals surface area contributed by atoms with Gasteiger partial charge in [-0.05, 0) is 37.2 Å². The van der Waals surface area contributed by atoms with Crippen LogP contribution in [0.1, 0.15) is 38.7 Å². The zero-order chi connectivity index (χ0) is 13.1. The van der Waals surface area contributed by atoms with Gasteiger partial charge >= 0.3 is 0 Å². The zero-order valence-electron chi connectivity index (χ0n) is 10.9. The van der Waals surface area contributed by atoms with Crippen molar-refractivity contribution in [2.75, 3.05) is 0 Å². The van der Waals surface area contributed by atoms with Gasteiger partial charge in [-0.2, -0.15) is 0 Å². The van der Waals surface area contributed by atoms with E-state index in [1.165, 1.54) is 18.7 Å². The fraction of sp³-hybridized carbons (Fsp3) is 0.643. The van der Waals surface area contributed by atoms with Gasteiger partial charge in [-0.25, -0.2) is 9.37 Å². The zero-order valence-corrected chi connectivity index (χ0v) is 10.9. The number of hydrogen-bond acceptors (Lipinski definition) is 3. The quantitative estimate of drug-likeness (QED) is 0.900. The molecule has 4 heteroatoms. The van der Waals surface area contributed by atoms with Gasteiger partial charge in [-0.1, -0.05) is 13.8 Å². The number of hydrogen-bond donors (Lipinski definition) is 1. The molecule has 0 amide bonds. The topological polar surface area (TPSA) is 42.4 Å². The Labute approximate surface area is 107 Å². The normalized spacial score (nSPS) is 28.1. The fourth-order valence-electron chi connectivity index (χ4n) is 2.79. The van der Waals surface area contributed by atoms with Crippen molar-refractivity contribution in [1.29, 1.82) is 0 Å². The van der Waals surface area contributed by atoms with Crippen molar-refractivity contribution in [1.82, 2.24) is 4.98 Å². The molecule has 2 rings (SSSR count). The molecule has 0 aliphatic heterocycles. The number of rotatable bonds is 3. The summed E-state index contributed by atoms with van der Waals surface area (Å²) >= 11 is 0. The van der Waals surface area contributed by atoms with Crippen molar-refractivity contribution < 1.29 is 14.2 Å². The number of halogens is 1. The average molecular weight is 253 g/mol. The Hall–Kier alpha value is -1.16. The molecule has 1 aromatic rings.